The molecular formula is C13H22N4O. The van der Waals surface area contributed by atoms with Crippen LogP contribution in [-0.2, 0) is 0 Å². The summed E-state index contributed by atoms with van der Waals surface area (Å²) in [4.78, 5) is 23.6. The van der Waals surface area contributed by atoms with Crippen molar-refractivity contribution in [1.82, 2.24) is 14.9 Å². The fraction of sp³-hybridized carbons (Fsp3) is 0.692. The second-order valence-corrected chi connectivity index (χ2v) is 5.06. The van der Waals surface area contributed by atoms with E-state index in [1.807, 2.05) is 13.8 Å². The summed E-state index contributed by atoms with van der Waals surface area (Å²) < 4.78 is 0. The molecule has 100 valence electrons. The van der Waals surface area contributed by atoms with E-state index in [4.69, 9.17) is 0 Å². The molecule has 0 aliphatic carbocycles. The molecule has 0 bridgehead atoms. The molecule has 5 nitrogen and oxygen atoms in total. The molecule has 2 heterocycles. The van der Waals surface area contributed by atoms with Gasteiger partial charge in [-0.2, -0.15) is 0 Å². The number of H-pyrrole nitrogens is 1. The highest BCUT2D eigenvalue weighted by Crippen LogP contribution is 2.14. The van der Waals surface area contributed by atoms with E-state index < -0.39 is 0 Å². The number of likely N-dealkylation sites (N-methyl/N-ethyl adjacent to an activating group) is 1. The largest absolute Gasteiger partial charge is 0.354 e. The Bertz CT molecular complexity index is 447. The van der Waals surface area contributed by atoms with Crippen LogP contribution in [0.3, 0.4) is 0 Å². The Morgan fingerprint density at radius 3 is 2.56 bits per heavy atom. The maximum Gasteiger partial charge on any atom is 0.252 e. The monoisotopic (exact) mass is 250 g/mol. The topological polar surface area (TPSA) is 52.2 Å². The van der Waals surface area contributed by atoms with Gasteiger partial charge >= 0.3 is 0 Å². The zero-order valence-corrected chi connectivity index (χ0v) is 11.4. The van der Waals surface area contributed by atoms with Gasteiger partial charge in [0.1, 0.15) is 11.6 Å². The van der Waals surface area contributed by atoms with Crippen molar-refractivity contribution in [3.05, 3.63) is 22.2 Å². The van der Waals surface area contributed by atoms with Crippen LogP contribution >= 0.6 is 0 Å². The molecular weight excluding hydrogens is 228 g/mol. The summed E-state index contributed by atoms with van der Waals surface area (Å²) in [6.45, 7) is 11.3. The van der Waals surface area contributed by atoms with E-state index in [0.29, 0.717) is 0 Å². The van der Waals surface area contributed by atoms with Crippen molar-refractivity contribution in [2.45, 2.75) is 26.7 Å². The molecule has 0 unspecified atom stereocenters. The third kappa shape index (κ3) is 2.90. The number of nitrogens with one attached hydrogen (secondary N) is 1. The first-order chi connectivity index (χ1) is 8.60. The summed E-state index contributed by atoms with van der Waals surface area (Å²) >= 11 is 0. The van der Waals surface area contributed by atoms with Crippen LogP contribution in [0.15, 0.2) is 10.9 Å². The van der Waals surface area contributed by atoms with Gasteiger partial charge < -0.3 is 14.8 Å². The Morgan fingerprint density at radius 2 is 2.00 bits per heavy atom. The first-order valence-corrected chi connectivity index (χ1v) is 6.68. The Balaban J connectivity index is 2.16. The molecule has 2 rings (SSSR count). The molecule has 1 saturated heterocycles. The van der Waals surface area contributed by atoms with Gasteiger partial charge in [-0.3, -0.25) is 4.79 Å². The maximum atomic E-state index is 11.6. The molecule has 0 atom stereocenters. The fourth-order valence-corrected chi connectivity index (χ4v) is 2.19. The van der Waals surface area contributed by atoms with Crippen LogP contribution in [0.2, 0.25) is 0 Å². The van der Waals surface area contributed by atoms with Gasteiger partial charge in [-0.25, -0.2) is 4.98 Å². The maximum absolute atomic E-state index is 11.6. The second-order valence-electron chi connectivity index (χ2n) is 5.06. The van der Waals surface area contributed by atoms with Crippen LogP contribution in [0.1, 0.15) is 32.5 Å². The van der Waals surface area contributed by atoms with Gasteiger partial charge in [0.15, 0.2) is 0 Å². The van der Waals surface area contributed by atoms with Crippen molar-refractivity contribution < 1.29 is 0 Å². The van der Waals surface area contributed by atoms with Crippen molar-refractivity contribution in [3.63, 3.8) is 0 Å². The fourth-order valence-electron chi connectivity index (χ4n) is 2.19. The first-order valence-electron chi connectivity index (χ1n) is 6.68. The van der Waals surface area contributed by atoms with Gasteiger partial charge in [-0.15, -0.1) is 0 Å². The van der Waals surface area contributed by atoms with Gasteiger partial charge in [0.25, 0.3) is 5.56 Å². The lowest BCUT2D eigenvalue weighted by atomic mass is 10.2. The highest BCUT2D eigenvalue weighted by atomic mass is 16.1. The molecule has 0 radical (unpaired) electrons. The number of aromatic nitrogens is 2. The lowest BCUT2D eigenvalue weighted by molar-refractivity contribution is 0.270. The van der Waals surface area contributed by atoms with E-state index >= 15 is 0 Å². The van der Waals surface area contributed by atoms with Crippen molar-refractivity contribution in [3.8, 4) is 0 Å². The SMILES string of the molecule is CCN1CCN(c2cc(=O)[nH]c(C(C)C)n2)CC1. The standard InChI is InChI=1S/C13H22N4O/c1-4-16-5-7-17(8-6-16)11-9-12(18)15-13(14-11)10(2)3/h9-10H,4-8H2,1-3H3,(H,14,15,18). The normalized spacial score (nSPS) is 17.4. The number of anilines is 1. The molecule has 1 fully saturated rings. The molecule has 1 aromatic rings. The molecule has 18 heavy (non-hydrogen) atoms. The lowest BCUT2D eigenvalue weighted by Gasteiger charge is -2.34. The summed E-state index contributed by atoms with van der Waals surface area (Å²) in [5, 5.41) is 0. The Labute approximate surface area is 108 Å². The molecule has 1 aromatic heterocycles. The van der Waals surface area contributed by atoms with E-state index in [2.05, 4.69) is 26.7 Å². The van der Waals surface area contributed by atoms with Crippen molar-refractivity contribution in [1.29, 1.82) is 0 Å². The quantitative estimate of drug-likeness (QED) is 0.870. The summed E-state index contributed by atoms with van der Waals surface area (Å²) in [5.41, 5.74) is -0.0541. The van der Waals surface area contributed by atoms with E-state index in [1.54, 1.807) is 6.07 Å². The van der Waals surface area contributed by atoms with Gasteiger partial charge in [-0.1, -0.05) is 20.8 Å². The lowest BCUT2D eigenvalue weighted by Crippen LogP contribution is -2.46. The molecule has 5 heteroatoms. The summed E-state index contributed by atoms with van der Waals surface area (Å²) in [6, 6.07) is 1.60. The van der Waals surface area contributed by atoms with Gasteiger partial charge in [0.2, 0.25) is 0 Å². The molecule has 0 saturated carbocycles. The van der Waals surface area contributed by atoms with E-state index in [9.17, 15) is 4.79 Å². The minimum absolute atomic E-state index is 0.0541. The predicted octanol–water partition coefficient (Wildman–Crippen LogP) is 1.04. The molecule has 1 aliphatic rings. The van der Waals surface area contributed by atoms with Crippen molar-refractivity contribution >= 4 is 5.82 Å². The summed E-state index contributed by atoms with van der Waals surface area (Å²) in [6.07, 6.45) is 0. The van der Waals surface area contributed by atoms with Crippen LogP contribution in [-0.4, -0.2) is 47.6 Å². The van der Waals surface area contributed by atoms with Crippen LogP contribution < -0.4 is 10.5 Å². The highest BCUT2D eigenvalue weighted by Gasteiger charge is 2.18. The third-order valence-electron chi connectivity index (χ3n) is 3.44. The van der Waals surface area contributed by atoms with E-state index in [1.165, 1.54) is 0 Å². The first kappa shape index (κ1) is 13.1. The number of aromatic amines is 1. The third-order valence-corrected chi connectivity index (χ3v) is 3.44. The van der Waals surface area contributed by atoms with Gasteiger partial charge in [0.05, 0.1) is 0 Å². The van der Waals surface area contributed by atoms with Crippen LogP contribution in [0.5, 0.6) is 0 Å². The highest BCUT2D eigenvalue weighted by molar-refractivity contribution is 5.38. The molecule has 0 spiro atoms. The average molecular weight is 250 g/mol. The average Bonchev–Trinajstić information content (AvgIpc) is 2.38. The summed E-state index contributed by atoms with van der Waals surface area (Å²) in [7, 11) is 0. The Morgan fingerprint density at radius 1 is 1.33 bits per heavy atom. The Hall–Kier alpha value is -1.36. The smallest absolute Gasteiger partial charge is 0.252 e. The van der Waals surface area contributed by atoms with Gasteiger partial charge in [0, 0.05) is 38.2 Å². The Kier molecular flexibility index (Phi) is 4.01. The number of nitrogens with zero attached hydrogens (tertiary/aromatic N) is 3. The van der Waals surface area contributed by atoms with Crippen molar-refractivity contribution in [2.75, 3.05) is 37.6 Å². The predicted molar refractivity (Wildman–Crippen MR) is 73.3 cm³/mol. The zero-order valence-electron chi connectivity index (χ0n) is 11.4. The zero-order chi connectivity index (χ0) is 13.1. The number of hydrogen-bond acceptors (Lipinski definition) is 4. The molecule has 1 N–H and O–H groups in total. The number of rotatable bonds is 3. The molecule has 0 aromatic carbocycles. The van der Waals surface area contributed by atoms with Crippen LogP contribution in [0.25, 0.3) is 0 Å². The second kappa shape index (κ2) is 5.52. The van der Waals surface area contributed by atoms with Crippen LogP contribution in [0, 0.1) is 0 Å². The minimum atomic E-state index is -0.0541. The van der Waals surface area contributed by atoms with Crippen molar-refractivity contribution in [2.24, 2.45) is 0 Å². The number of piperazine rings is 1. The van der Waals surface area contributed by atoms with Crippen LogP contribution in [0.4, 0.5) is 5.82 Å². The molecule has 1 aliphatic heterocycles. The van der Waals surface area contributed by atoms with E-state index in [0.717, 1.165) is 44.4 Å². The van der Waals surface area contributed by atoms with E-state index in [-0.39, 0.29) is 11.5 Å². The number of hydrogen-bond donors (Lipinski definition) is 1. The summed E-state index contributed by atoms with van der Waals surface area (Å²) in [5.74, 6) is 1.84. The molecule has 0 amide bonds. The van der Waals surface area contributed by atoms with Gasteiger partial charge in [-0.05, 0) is 6.54 Å². The minimum Gasteiger partial charge on any atom is -0.354 e.